The molecule has 1 N–H and O–H groups in total. The molecular weight excluding hydrogens is 381 g/mol. The molecule has 1 aromatic rings. The Hall–Kier alpha value is -2.07. The van der Waals surface area contributed by atoms with Gasteiger partial charge in [-0.1, -0.05) is 0 Å². The van der Waals surface area contributed by atoms with E-state index in [9.17, 15) is 18.0 Å². The zero-order chi connectivity index (χ0) is 20.9. The van der Waals surface area contributed by atoms with Crippen LogP contribution in [-0.2, 0) is 9.53 Å². The van der Waals surface area contributed by atoms with E-state index in [0.717, 1.165) is 32.5 Å². The number of carboxylic acid groups (broad SMARTS) is 1. The molecule has 10 heteroatoms. The number of carboxylic acids is 1. The minimum atomic E-state index is -5.08. The number of carbonyl (C=O) groups is 2. The first-order valence-electron chi connectivity index (χ1n) is 8.94. The van der Waals surface area contributed by atoms with E-state index in [4.69, 9.17) is 19.1 Å². The van der Waals surface area contributed by atoms with Crippen molar-refractivity contribution in [3.63, 3.8) is 0 Å². The first-order valence-corrected chi connectivity index (χ1v) is 8.94. The lowest BCUT2D eigenvalue weighted by Crippen LogP contribution is -2.54. The molecule has 2 saturated heterocycles. The van der Waals surface area contributed by atoms with Crippen molar-refractivity contribution in [3.8, 4) is 0 Å². The van der Waals surface area contributed by atoms with Crippen LogP contribution < -0.4 is 0 Å². The van der Waals surface area contributed by atoms with Crippen LogP contribution in [-0.4, -0.2) is 78.4 Å². The standard InChI is InChI=1S/C16H24N2O3.C2HF3O2/c1-17-14(12-20-2)3-5-16(17)6-8-18(9-7-16)15(19)13-4-10-21-11-13;3-2(4,5)1(6)7/h4,10-11,14H,3,5-9,12H2,1-2H3;(H,6,7). The van der Waals surface area contributed by atoms with Crippen molar-refractivity contribution in [2.24, 2.45) is 0 Å². The SMILES string of the molecule is COCC1CCC2(CCN(C(=O)c3ccoc3)CC2)N1C.O=C(O)C(F)(F)F. The summed E-state index contributed by atoms with van der Waals surface area (Å²) < 4.78 is 42.1. The van der Waals surface area contributed by atoms with Crippen molar-refractivity contribution >= 4 is 11.9 Å². The van der Waals surface area contributed by atoms with Gasteiger partial charge in [0.25, 0.3) is 5.91 Å². The molecule has 3 rings (SSSR count). The summed E-state index contributed by atoms with van der Waals surface area (Å²) in [5.41, 5.74) is 0.916. The van der Waals surface area contributed by atoms with Gasteiger partial charge in [0.1, 0.15) is 6.26 Å². The van der Waals surface area contributed by atoms with E-state index < -0.39 is 12.1 Å². The molecule has 2 aliphatic heterocycles. The van der Waals surface area contributed by atoms with Crippen molar-refractivity contribution in [2.45, 2.75) is 43.4 Å². The number of furan rings is 1. The Morgan fingerprint density at radius 1 is 1.32 bits per heavy atom. The van der Waals surface area contributed by atoms with E-state index in [1.54, 1.807) is 19.4 Å². The molecular formula is C18H25F3N2O5. The average Bonchev–Trinajstić information content (AvgIpc) is 3.27. The van der Waals surface area contributed by atoms with Gasteiger partial charge in [0.15, 0.2) is 0 Å². The number of ether oxygens (including phenoxy) is 1. The number of likely N-dealkylation sites (tertiary alicyclic amines) is 2. The monoisotopic (exact) mass is 406 g/mol. The Morgan fingerprint density at radius 3 is 2.39 bits per heavy atom. The van der Waals surface area contributed by atoms with Crippen LogP contribution in [0.25, 0.3) is 0 Å². The number of halogens is 3. The van der Waals surface area contributed by atoms with Gasteiger partial charge < -0.3 is 19.2 Å². The molecule has 2 fully saturated rings. The van der Waals surface area contributed by atoms with Crippen LogP contribution in [0, 0.1) is 0 Å². The zero-order valence-corrected chi connectivity index (χ0v) is 15.9. The van der Waals surface area contributed by atoms with E-state index in [1.807, 2.05) is 4.90 Å². The van der Waals surface area contributed by atoms with Crippen molar-refractivity contribution in [2.75, 3.05) is 33.9 Å². The Bertz CT molecular complexity index is 655. The predicted octanol–water partition coefficient (Wildman–Crippen LogP) is 2.63. The fourth-order valence-electron chi connectivity index (χ4n) is 3.88. The highest BCUT2D eigenvalue weighted by molar-refractivity contribution is 5.93. The second-order valence-corrected chi connectivity index (χ2v) is 7.09. The van der Waals surface area contributed by atoms with Crippen molar-refractivity contribution in [1.82, 2.24) is 9.80 Å². The number of hydrogen-bond acceptors (Lipinski definition) is 5. The third-order valence-electron chi connectivity index (χ3n) is 5.59. The number of rotatable bonds is 3. The second-order valence-electron chi connectivity index (χ2n) is 7.09. The number of amides is 1. The van der Waals surface area contributed by atoms with Gasteiger partial charge >= 0.3 is 12.1 Å². The predicted molar refractivity (Wildman–Crippen MR) is 92.9 cm³/mol. The molecule has 0 aliphatic carbocycles. The van der Waals surface area contributed by atoms with Gasteiger partial charge in [0.2, 0.25) is 0 Å². The van der Waals surface area contributed by atoms with Crippen LogP contribution in [0.4, 0.5) is 13.2 Å². The third-order valence-corrected chi connectivity index (χ3v) is 5.59. The van der Waals surface area contributed by atoms with Gasteiger partial charge in [-0.15, -0.1) is 0 Å². The third kappa shape index (κ3) is 5.05. The van der Waals surface area contributed by atoms with Gasteiger partial charge in [-0.25, -0.2) is 4.79 Å². The van der Waals surface area contributed by atoms with E-state index in [1.165, 1.54) is 19.1 Å². The molecule has 1 atom stereocenters. The number of piperidine rings is 1. The van der Waals surface area contributed by atoms with Gasteiger partial charge in [0.05, 0.1) is 18.4 Å². The number of carbonyl (C=O) groups excluding carboxylic acids is 1. The van der Waals surface area contributed by atoms with Gasteiger partial charge in [0, 0.05) is 31.8 Å². The lowest BCUT2D eigenvalue weighted by Gasteiger charge is -2.45. The largest absolute Gasteiger partial charge is 0.490 e. The average molecular weight is 406 g/mol. The zero-order valence-electron chi connectivity index (χ0n) is 15.9. The molecule has 2 aliphatic rings. The summed E-state index contributed by atoms with van der Waals surface area (Å²) in [7, 11) is 3.98. The fourth-order valence-corrected chi connectivity index (χ4v) is 3.88. The molecule has 0 radical (unpaired) electrons. The molecule has 1 aromatic heterocycles. The van der Waals surface area contributed by atoms with Crippen molar-refractivity contribution in [1.29, 1.82) is 0 Å². The maximum absolute atomic E-state index is 12.3. The highest BCUT2D eigenvalue weighted by atomic mass is 19.4. The van der Waals surface area contributed by atoms with Crippen LogP contribution >= 0.6 is 0 Å². The Kier molecular flexibility index (Phi) is 7.11. The lowest BCUT2D eigenvalue weighted by atomic mass is 9.85. The fraction of sp³-hybridized carbons (Fsp3) is 0.667. The minimum Gasteiger partial charge on any atom is -0.475 e. The summed E-state index contributed by atoms with van der Waals surface area (Å²) >= 11 is 0. The number of aliphatic carboxylic acids is 1. The van der Waals surface area contributed by atoms with Crippen LogP contribution in [0.15, 0.2) is 23.0 Å². The van der Waals surface area contributed by atoms with Crippen molar-refractivity contribution in [3.05, 3.63) is 24.2 Å². The molecule has 28 heavy (non-hydrogen) atoms. The van der Waals surface area contributed by atoms with Gasteiger partial charge in [-0.05, 0) is 38.8 Å². The van der Waals surface area contributed by atoms with E-state index in [2.05, 4.69) is 11.9 Å². The Morgan fingerprint density at radius 2 is 1.93 bits per heavy atom. The summed E-state index contributed by atoms with van der Waals surface area (Å²) in [5.74, 6) is -2.67. The lowest BCUT2D eigenvalue weighted by molar-refractivity contribution is -0.192. The highest BCUT2D eigenvalue weighted by Crippen LogP contribution is 2.40. The molecule has 1 amide bonds. The maximum atomic E-state index is 12.3. The second kappa shape index (κ2) is 8.95. The maximum Gasteiger partial charge on any atom is 0.490 e. The molecule has 7 nitrogen and oxygen atoms in total. The number of nitrogens with zero attached hydrogens (tertiary/aromatic N) is 2. The molecule has 3 heterocycles. The quantitative estimate of drug-likeness (QED) is 0.831. The van der Waals surface area contributed by atoms with E-state index in [0.29, 0.717) is 11.6 Å². The highest BCUT2D eigenvalue weighted by Gasteiger charge is 2.46. The normalized spacial score (nSPS) is 22.0. The summed E-state index contributed by atoms with van der Waals surface area (Å²) in [5, 5.41) is 7.12. The molecule has 1 unspecified atom stereocenters. The molecule has 0 saturated carbocycles. The number of hydrogen-bond donors (Lipinski definition) is 1. The van der Waals surface area contributed by atoms with Crippen LogP contribution in [0.2, 0.25) is 0 Å². The molecule has 1 spiro atoms. The van der Waals surface area contributed by atoms with Gasteiger partial charge in [-0.2, -0.15) is 13.2 Å². The first-order chi connectivity index (χ1) is 13.1. The van der Waals surface area contributed by atoms with Crippen LogP contribution in [0.5, 0.6) is 0 Å². The van der Waals surface area contributed by atoms with E-state index in [-0.39, 0.29) is 11.4 Å². The van der Waals surface area contributed by atoms with Crippen LogP contribution in [0.3, 0.4) is 0 Å². The topological polar surface area (TPSA) is 83.2 Å². The van der Waals surface area contributed by atoms with E-state index >= 15 is 0 Å². The number of methoxy groups -OCH3 is 1. The molecule has 0 bridgehead atoms. The van der Waals surface area contributed by atoms with Gasteiger partial charge in [-0.3, -0.25) is 9.69 Å². The molecule has 158 valence electrons. The smallest absolute Gasteiger partial charge is 0.475 e. The Labute approximate surface area is 161 Å². The summed E-state index contributed by atoms with van der Waals surface area (Å²) in [6.45, 7) is 2.46. The minimum absolute atomic E-state index is 0.0905. The van der Waals surface area contributed by atoms with Crippen molar-refractivity contribution < 1.29 is 37.0 Å². The number of alkyl halides is 3. The molecule has 0 aromatic carbocycles. The summed E-state index contributed by atoms with van der Waals surface area (Å²) in [6.07, 6.45) is 2.51. The summed E-state index contributed by atoms with van der Waals surface area (Å²) in [4.78, 5) is 25.7. The van der Waals surface area contributed by atoms with Crippen LogP contribution in [0.1, 0.15) is 36.0 Å². The first kappa shape index (κ1) is 22.2. The summed E-state index contributed by atoms with van der Waals surface area (Å²) in [6, 6.07) is 2.26. The number of likely N-dealkylation sites (N-methyl/N-ethyl adjacent to an activating group) is 1. The Balaban J connectivity index is 0.000000345.